The van der Waals surface area contributed by atoms with E-state index >= 15 is 0 Å². The van der Waals surface area contributed by atoms with E-state index in [2.05, 4.69) is 45.7 Å². The molecule has 12 heavy (non-hydrogen) atoms. The summed E-state index contributed by atoms with van der Waals surface area (Å²) in [5.74, 6) is 0. The maximum Gasteiger partial charge on any atom is 0.147 e. The van der Waals surface area contributed by atoms with Crippen LogP contribution in [0.2, 0.25) is 0 Å². The molecule has 2 N–H and O–H groups in total. The molecular weight excluding hydrogens is 148 g/mol. The summed E-state index contributed by atoms with van der Waals surface area (Å²) in [5, 5.41) is 0. The maximum atomic E-state index is 5.98. The molecule has 70 valence electrons. The van der Waals surface area contributed by atoms with Gasteiger partial charge < -0.3 is 5.73 Å². The van der Waals surface area contributed by atoms with Crippen LogP contribution >= 0.6 is 0 Å². The van der Waals surface area contributed by atoms with E-state index in [1.807, 2.05) is 0 Å². The van der Waals surface area contributed by atoms with Crippen molar-refractivity contribution in [2.24, 2.45) is 16.6 Å². The molecule has 0 saturated heterocycles. The van der Waals surface area contributed by atoms with Crippen molar-refractivity contribution in [3.8, 4) is 0 Å². The zero-order valence-corrected chi connectivity index (χ0v) is 8.89. The van der Waals surface area contributed by atoms with E-state index in [4.69, 9.17) is 5.73 Å². The first-order chi connectivity index (χ1) is 5.29. The lowest BCUT2D eigenvalue weighted by Gasteiger charge is -2.26. The minimum atomic E-state index is 0.247. The summed E-state index contributed by atoms with van der Waals surface area (Å²) >= 11 is 0. The molecule has 0 amide bonds. The van der Waals surface area contributed by atoms with Crippen molar-refractivity contribution in [3.63, 3.8) is 0 Å². The highest BCUT2D eigenvalue weighted by atomic mass is 15.0. The molecule has 0 aromatic rings. The van der Waals surface area contributed by atoms with Crippen LogP contribution < -0.4 is 5.73 Å². The van der Waals surface area contributed by atoms with Crippen LogP contribution in [-0.4, -0.2) is 30.9 Å². The van der Waals surface area contributed by atoms with Gasteiger partial charge in [-0.15, -0.1) is 0 Å². The summed E-state index contributed by atoms with van der Waals surface area (Å²) in [5.41, 5.74) is 6.51. The monoisotopic (exact) mass is 169 g/mol. The van der Waals surface area contributed by atoms with Crippen molar-refractivity contribution >= 4 is 6.21 Å². The van der Waals surface area contributed by atoms with Crippen LogP contribution in [0.4, 0.5) is 0 Å². The van der Waals surface area contributed by atoms with Crippen molar-refractivity contribution in [1.82, 2.24) is 0 Å². The van der Waals surface area contributed by atoms with Crippen LogP contribution in [0.25, 0.3) is 0 Å². The van der Waals surface area contributed by atoms with E-state index < -0.39 is 0 Å². The van der Waals surface area contributed by atoms with Crippen molar-refractivity contribution in [2.75, 3.05) is 14.1 Å². The molecule has 0 heterocycles. The van der Waals surface area contributed by atoms with Crippen LogP contribution in [0, 0.1) is 10.8 Å². The molecular formula is C10H21N2+. The Morgan fingerprint density at radius 3 is 1.92 bits per heavy atom. The molecule has 0 radical (unpaired) electrons. The quantitative estimate of drug-likeness (QED) is 0.462. The highest BCUT2D eigenvalue weighted by Gasteiger charge is 2.60. The van der Waals surface area contributed by atoms with Gasteiger partial charge in [0, 0.05) is 6.04 Å². The van der Waals surface area contributed by atoms with Crippen LogP contribution in [0.3, 0.4) is 0 Å². The first-order valence-corrected chi connectivity index (χ1v) is 4.58. The van der Waals surface area contributed by atoms with Crippen molar-refractivity contribution < 1.29 is 4.58 Å². The van der Waals surface area contributed by atoms with Gasteiger partial charge in [-0.3, -0.25) is 0 Å². The molecule has 2 heteroatoms. The minimum Gasteiger partial charge on any atom is -0.327 e. The fourth-order valence-electron chi connectivity index (χ4n) is 1.97. The lowest BCUT2D eigenvalue weighted by Crippen LogP contribution is -2.32. The van der Waals surface area contributed by atoms with E-state index in [1.165, 1.54) is 0 Å². The smallest absolute Gasteiger partial charge is 0.147 e. The first-order valence-electron chi connectivity index (χ1n) is 4.58. The second-order valence-electron chi connectivity index (χ2n) is 5.19. The van der Waals surface area contributed by atoms with Crippen molar-refractivity contribution in [3.05, 3.63) is 0 Å². The van der Waals surface area contributed by atoms with Gasteiger partial charge in [0.05, 0.1) is 5.41 Å². The largest absolute Gasteiger partial charge is 0.327 e. The molecule has 2 nitrogen and oxygen atoms in total. The summed E-state index contributed by atoms with van der Waals surface area (Å²) in [6.07, 6.45) is 3.41. The fraction of sp³-hybridized carbons (Fsp3) is 0.900. The van der Waals surface area contributed by atoms with Gasteiger partial charge in [-0.05, 0) is 11.8 Å². The average Bonchev–Trinajstić information content (AvgIpc) is 2.38. The number of nitrogens with two attached hydrogens (primary N) is 1. The summed E-state index contributed by atoms with van der Waals surface area (Å²) in [6, 6.07) is 0.361. The summed E-state index contributed by atoms with van der Waals surface area (Å²) in [6.45, 7) is 6.79. The number of rotatable bonds is 1. The molecule has 1 fully saturated rings. The molecule has 0 spiro atoms. The van der Waals surface area contributed by atoms with E-state index in [-0.39, 0.29) is 10.8 Å². The van der Waals surface area contributed by atoms with Gasteiger partial charge in [0.2, 0.25) is 0 Å². The van der Waals surface area contributed by atoms with Crippen LogP contribution in [0.1, 0.15) is 27.2 Å². The van der Waals surface area contributed by atoms with E-state index in [0.29, 0.717) is 6.04 Å². The fourth-order valence-corrected chi connectivity index (χ4v) is 1.97. The highest BCUT2D eigenvalue weighted by Crippen LogP contribution is 2.55. The molecule has 0 aromatic heterocycles. The molecule has 0 aromatic carbocycles. The molecule has 1 rings (SSSR count). The third-order valence-corrected chi connectivity index (χ3v) is 2.94. The third-order valence-electron chi connectivity index (χ3n) is 2.94. The zero-order valence-electron chi connectivity index (χ0n) is 8.89. The van der Waals surface area contributed by atoms with Gasteiger partial charge in [-0.2, -0.15) is 0 Å². The molecule has 1 saturated carbocycles. The Morgan fingerprint density at radius 2 is 1.83 bits per heavy atom. The number of hydrogen-bond acceptors (Lipinski definition) is 1. The Morgan fingerprint density at radius 1 is 1.42 bits per heavy atom. The Labute approximate surface area is 75.5 Å². The first kappa shape index (κ1) is 9.72. The van der Waals surface area contributed by atoms with Crippen LogP contribution in [0.5, 0.6) is 0 Å². The molecule has 0 bridgehead atoms. The van der Waals surface area contributed by atoms with E-state index in [1.54, 1.807) is 0 Å². The van der Waals surface area contributed by atoms with Crippen LogP contribution in [-0.2, 0) is 0 Å². The summed E-state index contributed by atoms with van der Waals surface area (Å²) in [7, 11) is 4.14. The lowest BCUT2D eigenvalue weighted by atomic mass is 9.77. The highest BCUT2D eigenvalue weighted by molar-refractivity contribution is 5.68. The third kappa shape index (κ3) is 1.40. The second kappa shape index (κ2) is 2.56. The Bertz CT molecular complexity index is 208. The Hall–Kier alpha value is -0.370. The summed E-state index contributed by atoms with van der Waals surface area (Å²) in [4.78, 5) is 0. The van der Waals surface area contributed by atoms with Crippen molar-refractivity contribution in [1.29, 1.82) is 0 Å². The molecule has 0 aliphatic heterocycles. The van der Waals surface area contributed by atoms with Gasteiger partial charge in [0.25, 0.3) is 0 Å². The van der Waals surface area contributed by atoms with Gasteiger partial charge in [0.1, 0.15) is 20.3 Å². The lowest BCUT2D eigenvalue weighted by molar-refractivity contribution is -0.463. The van der Waals surface area contributed by atoms with Gasteiger partial charge >= 0.3 is 0 Å². The Balaban J connectivity index is 2.88. The van der Waals surface area contributed by atoms with Crippen LogP contribution in [0.15, 0.2) is 0 Å². The topological polar surface area (TPSA) is 29.0 Å². The van der Waals surface area contributed by atoms with Gasteiger partial charge in [-0.25, -0.2) is 4.58 Å². The molecule has 1 aliphatic carbocycles. The predicted octanol–water partition coefficient (Wildman–Crippen LogP) is 1.09. The molecule has 2 atom stereocenters. The van der Waals surface area contributed by atoms with E-state index in [9.17, 15) is 0 Å². The zero-order chi connectivity index (χ0) is 9.57. The van der Waals surface area contributed by atoms with Crippen molar-refractivity contribution in [2.45, 2.75) is 33.2 Å². The second-order valence-corrected chi connectivity index (χ2v) is 5.19. The number of hydrogen-bond donors (Lipinski definition) is 1. The SMILES string of the molecule is C[N+](C)=C[C@]1(C(C)(C)C)CC1N. The van der Waals surface area contributed by atoms with E-state index in [0.717, 1.165) is 6.42 Å². The predicted molar refractivity (Wildman–Crippen MR) is 52.7 cm³/mol. The standard InChI is InChI=1S/C10H21N2/c1-9(2,3)10(6-8(10)11)7-12(4)5/h7-8H,6,11H2,1-5H3/q+1/t8?,10-/m1/s1. The Kier molecular flexibility index (Phi) is 2.07. The minimum absolute atomic E-state index is 0.247. The normalized spacial score (nSPS) is 34.7. The van der Waals surface area contributed by atoms with Gasteiger partial charge in [-0.1, -0.05) is 20.8 Å². The maximum absolute atomic E-state index is 5.98. The summed E-state index contributed by atoms with van der Waals surface area (Å²) < 4.78 is 2.12. The average molecular weight is 169 g/mol. The molecule has 1 aliphatic rings. The van der Waals surface area contributed by atoms with Gasteiger partial charge in [0.15, 0.2) is 0 Å². The number of nitrogens with zero attached hydrogens (tertiary/aromatic N) is 1. The molecule has 1 unspecified atom stereocenters.